The summed E-state index contributed by atoms with van der Waals surface area (Å²) in [5.41, 5.74) is 7.69. The van der Waals surface area contributed by atoms with E-state index >= 15 is 0 Å². The van der Waals surface area contributed by atoms with Crippen LogP contribution in [0.3, 0.4) is 0 Å². The van der Waals surface area contributed by atoms with Crippen LogP contribution in [-0.4, -0.2) is 53.4 Å². The van der Waals surface area contributed by atoms with Crippen molar-refractivity contribution >= 4 is 29.0 Å². The Hall–Kier alpha value is -3.82. The quantitative estimate of drug-likeness (QED) is 0.319. The number of carbonyl (C=O) groups is 1. The van der Waals surface area contributed by atoms with Gasteiger partial charge in [-0.25, -0.2) is 19.7 Å². The van der Waals surface area contributed by atoms with Gasteiger partial charge in [0.15, 0.2) is 23.0 Å². The van der Waals surface area contributed by atoms with Crippen LogP contribution in [0.25, 0.3) is 17.2 Å². The molecule has 2 heterocycles. The van der Waals surface area contributed by atoms with Crippen LogP contribution in [0.1, 0.15) is 12.0 Å². The highest BCUT2D eigenvalue weighted by atomic mass is 16.5. The molecule has 158 valence electrons. The van der Waals surface area contributed by atoms with Crippen LogP contribution in [0.15, 0.2) is 30.9 Å². The van der Waals surface area contributed by atoms with Crippen LogP contribution < -0.4 is 19.9 Å². The van der Waals surface area contributed by atoms with Gasteiger partial charge in [-0.05, 0) is 30.2 Å². The maximum absolute atomic E-state index is 12.0. The Balaban J connectivity index is 1.54. The molecule has 2 N–H and O–H groups in total. The van der Waals surface area contributed by atoms with E-state index in [0.717, 1.165) is 0 Å². The number of benzene rings is 1. The molecular formula is C20H23N5O5. The second-order valence-electron chi connectivity index (χ2n) is 6.18. The summed E-state index contributed by atoms with van der Waals surface area (Å²) >= 11 is 0. The highest BCUT2D eigenvalue weighted by Crippen LogP contribution is 2.38. The van der Waals surface area contributed by atoms with Gasteiger partial charge in [-0.3, -0.25) is 0 Å². The number of anilines is 1. The number of methoxy groups -OCH3 is 3. The SMILES string of the molecule is COc1cc(/C=C/C(=O)OCCCn2cnc3c(N)ncnc32)cc(OC)c1OC. The van der Waals surface area contributed by atoms with E-state index in [1.807, 2.05) is 4.57 Å². The predicted octanol–water partition coefficient (Wildman–Crippen LogP) is 2.08. The van der Waals surface area contributed by atoms with Crippen molar-refractivity contribution in [1.29, 1.82) is 0 Å². The summed E-state index contributed by atoms with van der Waals surface area (Å²) in [7, 11) is 4.59. The zero-order valence-corrected chi connectivity index (χ0v) is 17.0. The van der Waals surface area contributed by atoms with Crippen molar-refractivity contribution in [2.45, 2.75) is 13.0 Å². The molecule has 0 saturated carbocycles. The van der Waals surface area contributed by atoms with Crippen LogP contribution in [0, 0.1) is 0 Å². The molecule has 0 radical (unpaired) electrons. The van der Waals surface area contributed by atoms with Gasteiger partial charge in [0.2, 0.25) is 5.75 Å². The van der Waals surface area contributed by atoms with Gasteiger partial charge >= 0.3 is 5.97 Å². The van der Waals surface area contributed by atoms with Crippen molar-refractivity contribution in [2.24, 2.45) is 0 Å². The van der Waals surface area contributed by atoms with Crippen LogP contribution in [0.4, 0.5) is 5.82 Å². The van der Waals surface area contributed by atoms with Crippen LogP contribution in [-0.2, 0) is 16.1 Å². The summed E-state index contributed by atoms with van der Waals surface area (Å²) in [5, 5.41) is 0. The molecule has 0 aliphatic heterocycles. The fourth-order valence-electron chi connectivity index (χ4n) is 2.88. The Kier molecular flexibility index (Phi) is 6.68. The molecule has 3 rings (SSSR count). The zero-order valence-electron chi connectivity index (χ0n) is 17.0. The number of aryl methyl sites for hydroxylation is 1. The number of aromatic nitrogens is 4. The van der Waals surface area contributed by atoms with Crippen molar-refractivity contribution in [3.05, 3.63) is 36.4 Å². The topological polar surface area (TPSA) is 124 Å². The number of hydrogen-bond donors (Lipinski definition) is 1. The van der Waals surface area contributed by atoms with E-state index in [-0.39, 0.29) is 6.61 Å². The third-order valence-corrected chi connectivity index (χ3v) is 4.32. The number of nitrogens with two attached hydrogens (primary N) is 1. The van der Waals surface area contributed by atoms with E-state index in [2.05, 4.69) is 15.0 Å². The second-order valence-corrected chi connectivity index (χ2v) is 6.18. The molecule has 1 aromatic carbocycles. The minimum atomic E-state index is -0.453. The van der Waals surface area contributed by atoms with Gasteiger partial charge in [-0.15, -0.1) is 0 Å². The average molecular weight is 413 g/mol. The fraction of sp³-hybridized carbons (Fsp3) is 0.300. The van der Waals surface area contributed by atoms with E-state index in [1.165, 1.54) is 33.7 Å². The third kappa shape index (κ3) is 4.59. The van der Waals surface area contributed by atoms with Crippen LogP contribution >= 0.6 is 0 Å². The van der Waals surface area contributed by atoms with Crippen molar-refractivity contribution in [2.75, 3.05) is 33.7 Å². The molecule has 10 heteroatoms. The number of ether oxygens (including phenoxy) is 4. The number of imidazole rings is 1. The van der Waals surface area contributed by atoms with Gasteiger partial charge in [-0.1, -0.05) is 0 Å². The molecule has 30 heavy (non-hydrogen) atoms. The monoisotopic (exact) mass is 413 g/mol. The standard InChI is InChI=1S/C20H23N5O5/c1-27-14-9-13(10-15(28-2)18(14)29-3)5-6-16(26)30-8-4-7-25-12-24-17-19(21)22-11-23-20(17)25/h5-6,9-12H,4,7-8H2,1-3H3,(H2,21,22,23)/b6-5+. The Morgan fingerprint density at radius 2 is 1.83 bits per heavy atom. The number of nitrogens with zero attached hydrogens (tertiary/aromatic N) is 4. The maximum Gasteiger partial charge on any atom is 0.330 e. The fourth-order valence-corrected chi connectivity index (χ4v) is 2.88. The first-order chi connectivity index (χ1) is 14.6. The predicted molar refractivity (Wildman–Crippen MR) is 110 cm³/mol. The molecule has 0 saturated heterocycles. The summed E-state index contributed by atoms with van der Waals surface area (Å²) in [5.74, 6) is 1.37. The summed E-state index contributed by atoms with van der Waals surface area (Å²) < 4.78 is 23.0. The lowest BCUT2D eigenvalue weighted by Gasteiger charge is -2.12. The molecule has 10 nitrogen and oxygen atoms in total. The molecule has 0 aliphatic carbocycles. The van der Waals surface area contributed by atoms with Crippen LogP contribution in [0.5, 0.6) is 17.2 Å². The van der Waals surface area contributed by atoms with Gasteiger partial charge in [0.25, 0.3) is 0 Å². The number of esters is 1. The number of carbonyl (C=O) groups excluding carboxylic acids is 1. The van der Waals surface area contributed by atoms with E-state index in [1.54, 1.807) is 24.5 Å². The molecule has 0 bridgehead atoms. The van der Waals surface area contributed by atoms with Gasteiger partial charge < -0.3 is 29.2 Å². The van der Waals surface area contributed by atoms with Crippen LogP contribution in [0.2, 0.25) is 0 Å². The van der Waals surface area contributed by atoms with Crippen molar-refractivity contribution in [1.82, 2.24) is 19.5 Å². The zero-order chi connectivity index (χ0) is 21.5. The van der Waals surface area contributed by atoms with E-state index in [9.17, 15) is 4.79 Å². The van der Waals surface area contributed by atoms with E-state index in [4.69, 9.17) is 24.7 Å². The van der Waals surface area contributed by atoms with Gasteiger partial charge in [0, 0.05) is 12.6 Å². The largest absolute Gasteiger partial charge is 0.493 e. The number of nitrogen functional groups attached to an aromatic ring is 1. The Morgan fingerprint density at radius 1 is 1.10 bits per heavy atom. The molecule has 0 atom stereocenters. The highest BCUT2D eigenvalue weighted by molar-refractivity contribution is 5.87. The molecule has 0 aliphatic rings. The van der Waals surface area contributed by atoms with Crippen molar-refractivity contribution in [3.8, 4) is 17.2 Å². The highest BCUT2D eigenvalue weighted by Gasteiger charge is 2.12. The van der Waals surface area contributed by atoms with E-state index in [0.29, 0.717) is 52.8 Å². The molecule has 0 fully saturated rings. The lowest BCUT2D eigenvalue weighted by Crippen LogP contribution is -2.06. The second kappa shape index (κ2) is 9.59. The first-order valence-corrected chi connectivity index (χ1v) is 9.13. The Morgan fingerprint density at radius 3 is 2.50 bits per heavy atom. The van der Waals surface area contributed by atoms with Gasteiger partial charge in [-0.2, -0.15) is 0 Å². The first-order valence-electron chi connectivity index (χ1n) is 9.13. The molecule has 0 unspecified atom stereocenters. The number of hydrogen-bond acceptors (Lipinski definition) is 9. The molecule has 0 spiro atoms. The first kappa shape index (κ1) is 20.9. The normalized spacial score (nSPS) is 11.0. The molecule has 2 aromatic heterocycles. The summed E-state index contributed by atoms with van der Waals surface area (Å²) in [6.45, 7) is 0.829. The van der Waals surface area contributed by atoms with Gasteiger partial charge in [0.1, 0.15) is 11.8 Å². The molecule has 3 aromatic rings. The Labute approximate surface area is 173 Å². The number of fused-ring (bicyclic) bond motifs is 1. The summed E-state index contributed by atoms with van der Waals surface area (Å²) in [4.78, 5) is 24.3. The molecule has 0 amide bonds. The summed E-state index contributed by atoms with van der Waals surface area (Å²) in [6.07, 6.45) is 6.60. The van der Waals surface area contributed by atoms with Gasteiger partial charge in [0.05, 0.1) is 34.3 Å². The van der Waals surface area contributed by atoms with Crippen molar-refractivity contribution < 1.29 is 23.7 Å². The smallest absolute Gasteiger partial charge is 0.330 e. The Bertz CT molecular complexity index is 1040. The summed E-state index contributed by atoms with van der Waals surface area (Å²) in [6, 6.07) is 3.48. The molecular weight excluding hydrogens is 390 g/mol. The third-order valence-electron chi connectivity index (χ3n) is 4.32. The lowest BCUT2D eigenvalue weighted by atomic mass is 10.1. The average Bonchev–Trinajstić information content (AvgIpc) is 3.18. The lowest BCUT2D eigenvalue weighted by molar-refractivity contribution is -0.137. The maximum atomic E-state index is 12.0. The minimum absolute atomic E-state index is 0.249. The van der Waals surface area contributed by atoms with E-state index < -0.39 is 5.97 Å². The number of rotatable bonds is 9. The van der Waals surface area contributed by atoms with Crippen molar-refractivity contribution in [3.63, 3.8) is 0 Å². The minimum Gasteiger partial charge on any atom is -0.493 e.